The van der Waals surface area contributed by atoms with Crippen LogP contribution in [-0.2, 0) is 0 Å². The molecule has 0 fully saturated rings. The van der Waals surface area contributed by atoms with Gasteiger partial charge in [-0.2, -0.15) is 21.1 Å². The molecule has 1 atom stereocenters. The molecule has 7 heteroatoms. The molecule has 2 aromatic heterocycles. The van der Waals surface area contributed by atoms with Gasteiger partial charge in [-0.1, -0.05) is 36.4 Å². The lowest BCUT2D eigenvalue weighted by atomic mass is 10.1. The summed E-state index contributed by atoms with van der Waals surface area (Å²) in [5.74, 6) is -0.307. The Kier molecular flexibility index (Phi) is 5.74. The van der Waals surface area contributed by atoms with Gasteiger partial charge in [0, 0.05) is 11.9 Å². The summed E-state index contributed by atoms with van der Waals surface area (Å²) in [5, 5.41) is 12.6. The number of hydrogen-bond donors (Lipinski definition) is 1. The first-order valence-electron chi connectivity index (χ1n) is 9.60. The Morgan fingerprint density at radius 1 is 1.07 bits per heavy atom. The summed E-state index contributed by atoms with van der Waals surface area (Å²) in [7, 11) is 3.97. The molecular weight excluding hydrogens is 396 g/mol. The van der Waals surface area contributed by atoms with Gasteiger partial charge in [-0.15, -0.1) is 0 Å². The van der Waals surface area contributed by atoms with Crippen molar-refractivity contribution in [1.29, 1.82) is 0 Å². The van der Waals surface area contributed by atoms with Crippen molar-refractivity contribution in [2.24, 2.45) is 0 Å². The van der Waals surface area contributed by atoms with Gasteiger partial charge in [-0.3, -0.25) is 9.59 Å². The van der Waals surface area contributed by atoms with E-state index in [0.717, 1.165) is 5.56 Å². The normalized spacial score (nSPS) is 12.2. The molecule has 0 unspecified atom stereocenters. The van der Waals surface area contributed by atoms with Crippen LogP contribution in [0.5, 0.6) is 0 Å². The van der Waals surface area contributed by atoms with Crippen molar-refractivity contribution in [2.45, 2.75) is 6.04 Å². The summed E-state index contributed by atoms with van der Waals surface area (Å²) in [6, 6.07) is 18.3. The van der Waals surface area contributed by atoms with E-state index in [2.05, 4.69) is 26.8 Å². The molecule has 2 heterocycles. The fourth-order valence-electron chi connectivity index (χ4n) is 3.44. The highest BCUT2D eigenvalue weighted by Gasteiger charge is 2.20. The zero-order valence-electron chi connectivity index (χ0n) is 16.8. The van der Waals surface area contributed by atoms with Crippen molar-refractivity contribution in [3.05, 3.63) is 93.0 Å². The van der Waals surface area contributed by atoms with Crippen LogP contribution in [0.4, 0.5) is 0 Å². The van der Waals surface area contributed by atoms with Crippen LogP contribution in [-0.4, -0.2) is 41.2 Å². The van der Waals surface area contributed by atoms with Crippen molar-refractivity contribution in [2.75, 3.05) is 20.6 Å². The van der Waals surface area contributed by atoms with Gasteiger partial charge in [0.15, 0.2) is 5.69 Å². The second kappa shape index (κ2) is 8.61. The van der Waals surface area contributed by atoms with E-state index in [-0.39, 0.29) is 23.2 Å². The Morgan fingerprint density at radius 2 is 1.77 bits per heavy atom. The van der Waals surface area contributed by atoms with Crippen LogP contribution in [0.25, 0.3) is 16.5 Å². The largest absolute Gasteiger partial charge is 0.349 e. The molecule has 0 bridgehead atoms. The molecule has 0 aliphatic carbocycles. The van der Waals surface area contributed by atoms with Crippen LogP contribution in [0.15, 0.2) is 76.2 Å². The summed E-state index contributed by atoms with van der Waals surface area (Å²) in [5.41, 5.74) is 1.75. The summed E-state index contributed by atoms with van der Waals surface area (Å²) < 4.78 is 1.29. The average Bonchev–Trinajstić information content (AvgIpc) is 3.29. The van der Waals surface area contributed by atoms with E-state index >= 15 is 0 Å². The lowest BCUT2D eigenvalue weighted by Crippen LogP contribution is -2.36. The van der Waals surface area contributed by atoms with Gasteiger partial charge in [0.25, 0.3) is 11.5 Å². The number of thiophene rings is 1. The topological polar surface area (TPSA) is 67.2 Å². The Hall–Kier alpha value is -3.29. The molecule has 30 heavy (non-hydrogen) atoms. The molecule has 1 N–H and O–H groups in total. The molecular formula is C23H22N4O2S. The molecule has 0 aliphatic heterocycles. The number of rotatable bonds is 6. The van der Waals surface area contributed by atoms with Crippen LogP contribution in [0.2, 0.25) is 0 Å². The molecule has 1 amide bonds. The van der Waals surface area contributed by atoms with E-state index in [1.54, 1.807) is 47.7 Å². The molecule has 0 radical (unpaired) electrons. The molecule has 0 saturated heterocycles. The van der Waals surface area contributed by atoms with E-state index in [0.29, 0.717) is 23.0 Å². The summed E-state index contributed by atoms with van der Waals surface area (Å²) in [6.07, 6.45) is 0. The summed E-state index contributed by atoms with van der Waals surface area (Å²) in [6.45, 7) is 0.434. The maximum atomic E-state index is 13.1. The maximum absolute atomic E-state index is 13.1. The third-order valence-corrected chi connectivity index (χ3v) is 5.73. The van der Waals surface area contributed by atoms with Crippen LogP contribution in [0.3, 0.4) is 0 Å². The fourth-order valence-corrected chi connectivity index (χ4v) is 4.14. The number of para-hydroxylation sites is 1. The second-order valence-corrected chi connectivity index (χ2v) is 7.97. The summed E-state index contributed by atoms with van der Waals surface area (Å²) >= 11 is 1.63. The zero-order valence-corrected chi connectivity index (χ0v) is 17.6. The third-order valence-electron chi connectivity index (χ3n) is 5.03. The van der Waals surface area contributed by atoms with Crippen LogP contribution in [0, 0.1) is 0 Å². The van der Waals surface area contributed by atoms with E-state index in [9.17, 15) is 9.59 Å². The number of likely N-dealkylation sites (N-methyl/N-ethyl adjacent to an activating group) is 1. The number of hydrogen-bond acceptors (Lipinski definition) is 5. The maximum Gasteiger partial charge on any atom is 0.279 e. The number of aromatic nitrogens is 2. The fraction of sp³-hybridized carbons (Fsp3) is 0.174. The number of nitrogens with zero attached hydrogens (tertiary/aromatic N) is 3. The Balaban J connectivity index is 1.72. The number of fused-ring (bicyclic) bond motifs is 1. The lowest BCUT2D eigenvalue weighted by molar-refractivity contribution is 0.0937. The van der Waals surface area contributed by atoms with Crippen LogP contribution < -0.4 is 10.9 Å². The first kappa shape index (κ1) is 20.0. The van der Waals surface area contributed by atoms with Gasteiger partial charge in [-0.25, -0.2) is 0 Å². The van der Waals surface area contributed by atoms with Crippen molar-refractivity contribution < 1.29 is 4.79 Å². The second-order valence-electron chi connectivity index (χ2n) is 7.19. The minimum Gasteiger partial charge on any atom is -0.349 e. The standard InChI is InChI=1S/C23H22N4O2S/c1-26(2)20(16-12-13-30-15-16)14-24-22(28)21-18-10-6-7-11-19(18)23(29)27(25-21)17-8-4-3-5-9-17/h3-13,15,20H,14H2,1-2H3,(H,24,28)/t20-/m0/s1. The number of amides is 1. The molecule has 0 saturated carbocycles. The van der Waals surface area contributed by atoms with E-state index in [1.165, 1.54) is 4.68 Å². The monoisotopic (exact) mass is 418 g/mol. The predicted molar refractivity (Wildman–Crippen MR) is 120 cm³/mol. The Labute approximate surface area is 178 Å². The Morgan fingerprint density at radius 3 is 2.43 bits per heavy atom. The smallest absolute Gasteiger partial charge is 0.279 e. The molecule has 4 rings (SSSR count). The van der Waals surface area contributed by atoms with Gasteiger partial charge < -0.3 is 10.2 Å². The predicted octanol–water partition coefficient (Wildman–Crippen LogP) is 3.48. The molecule has 152 valence electrons. The minimum atomic E-state index is -0.307. The van der Waals surface area contributed by atoms with E-state index in [4.69, 9.17) is 0 Å². The van der Waals surface area contributed by atoms with Gasteiger partial charge >= 0.3 is 0 Å². The zero-order chi connectivity index (χ0) is 21.1. The van der Waals surface area contributed by atoms with E-state index < -0.39 is 0 Å². The first-order chi connectivity index (χ1) is 14.6. The van der Waals surface area contributed by atoms with Gasteiger partial charge in [0.2, 0.25) is 0 Å². The molecule has 2 aromatic carbocycles. The van der Waals surface area contributed by atoms with E-state index in [1.807, 2.05) is 37.7 Å². The molecule has 4 aromatic rings. The Bertz CT molecular complexity index is 1220. The third kappa shape index (κ3) is 3.90. The van der Waals surface area contributed by atoms with Gasteiger partial charge in [0.05, 0.1) is 17.1 Å². The van der Waals surface area contributed by atoms with Crippen molar-refractivity contribution >= 4 is 28.0 Å². The highest BCUT2D eigenvalue weighted by molar-refractivity contribution is 7.08. The SMILES string of the molecule is CN(C)[C@@H](CNC(=O)c1nn(-c2ccccc2)c(=O)c2ccccc12)c1ccsc1. The number of carbonyl (C=O) groups is 1. The van der Waals surface area contributed by atoms with Gasteiger partial charge in [-0.05, 0) is 54.7 Å². The molecule has 6 nitrogen and oxygen atoms in total. The molecule has 0 spiro atoms. The highest BCUT2D eigenvalue weighted by Crippen LogP contribution is 2.21. The number of carbonyl (C=O) groups excluding carboxylic acids is 1. The number of nitrogens with one attached hydrogen (secondary N) is 1. The van der Waals surface area contributed by atoms with Crippen molar-refractivity contribution in [3.63, 3.8) is 0 Å². The van der Waals surface area contributed by atoms with Crippen LogP contribution in [0.1, 0.15) is 22.1 Å². The quantitative estimate of drug-likeness (QED) is 0.521. The highest BCUT2D eigenvalue weighted by atomic mass is 32.1. The lowest BCUT2D eigenvalue weighted by Gasteiger charge is -2.24. The van der Waals surface area contributed by atoms with Crippen molar-refractivity contribution in [1.82, 2.24) is 20.0 Å². The minimum absolute atomic E-state index is 0.0477. The van der Waals surface area contributed by atoms with Gasteiger partial charge in [0.1, 0.15) is 0 Å². The van der Waals surface area contributed by atoms with Crippen LogP contribution >= 0.6 is 11.3 Å². The molecule has 0 aliphatic rings. The summed E-state index contributed by atoms with van der Waals surface area (Å²) in [4.78, 5) is 28.2. The first-order valence-corrected chi connectivity index (χ1v) is 10.5. The van der Waals surface area contributed by atoms with Crippen molar-refractivity contribution in [3.8, 4) is 5.69 Å². The average molecular weight is 419 g/mol. The number of benzene rings is 2.